The Morgan fingerprint density at radius 2 is 1.16 bits per heavy atom. The smallest absolute Gasteiger partial charge is 0.119 e. The first-order valence-electron chi connectivity index (χ1n) is 11.0. The van der Waals surface area contributed by atoms with Crippen LogP contribution in [0.2, 0.25) is 0 Å². The van der Waals surface area contributed by atoms with Crippen LogP contribution in [0, 0.1) is 0 Å². The predicted molar refractivity (Wildman–Crippen MR) is 109 cm³/mol. The molecule has 0 saturated carbocycles. The third-order valence-corrected chi connectivity index (χ3v) is 4.83. The molecule has 0 aromatic heterocycles. The number of hydrogen-bond acceptors (Lipinski definition) is 3. The van der Waals surface area contributed by atoms with Gasteiger partial charge in [0.15, 0.2) is 0 Å². The second-order valence-corrected chi connectivity index (χ2v) is 7.47. The normalized spacial score (nSPS) is 11.3. The highest BCUT2D eigenvalue weighted by molar-refractivity contribution is 5.48. The van der Waals surface area contributed by atoms with Crippen LogP contribution in [0.3, 0.4) is 0 Å². The summed E-state index contributed by atoms with van der Waals surface area (Å²) < 4.78 is 5.71. The van der Waals surface area contributed by atoms with Crippen LogP contribution in [-0.2, 0) is 9.53 Å². The molecule has 0 N–H and O–H groups in total. The molecule has 0 amide bonds. The first-order chi connectivity index (χ1) is 12.3. The summed E-state index contributed by atoms with van der Waals surface area (Å²) in [6, 6.07) is 0. The lowest BCUT2D eigenvalue weighted by molar-refractivity contribution is -0.107. The highest BCUT2D eigenvalue weighted by Gasteiger charge is 1.97. The molecule has 0 aromatic rings. The van der Waals surface area contributed by atoms with Gasteiger partial charge in [0.2, 0.25) is 0 Å². The molecule has 0 aliphatic rings. The monoisotopic (exact) mass is 355 g/mol. The summed E-state index contributed by atoms with van der Waals surface area (Å²) in [6.07, 6.45) is 20.3. The van der Waals surface area contributed by atoms with E-state index in [1.165, 1.54) is 90.0 Å². The van der Waals surface area contributed by atoms with Crippen LogP contribution >= 0.6 is 0 Å². The van der Waals surface area contributed by atoms with E-state index in [1.54, 1.807) is 0 Å². The van der Waals surface area contributed by atoms with E-state index < -0.39 is 0 Å². The van der Waals surface area contributed by atoms with Crippen molar-refractivity contribution in [1.29, 1.82) is 0 Å². The number of rotatable bonds is 21. The second kappa shape index (κ2) is 21.6. The standard InChI is InChI=1S/C22H45NO2/c1-3-18-23(2)19-22-25-21-17-15-13-11-9-7-5-4-6-8-10-12-14-16-20-24/h20H,3-19,21-22H2,1-2H3. The predicted octanol–water partition coefficient (Wildman–Crippen LogP) is 6.01. The maximum atomic E-state index is 10.2. The third kappa shape index (κ3) is 21.5. The van der Waals surface area contributed by atoms with Gasteiger partial charge >= 0.3 is 0 Å². The average Bonchev–Trinajstić information content (AvgIpc) is 2.61. The summed E-state index contributed by atoms with van der Waals surface area (Å²) in [5.41, 5.74) is 0. The molecule has 3 nitrogen and oxygen atoms in total. The molecule has 0 aromatic carbocycles. The maximum absolute atomic E-state index is 10.2. The Balaban J connectivity index is 3.01. The minimum Gasteiger partial charge on any atom is -0.380 e. The molecule has 0 rings (SSSR count). The van der Waals surface area contributed by atoms with Crippen LogP contribution < -0.4 is 0 Å². The van der Waals surface area contributed by atoms with Gasteiger partial charge in [-0.15, -0.1) is 0 Å². The summed E-state index contributed by atoms with van der Waals surface area (Å²) >= 11 is 0. The first-order valence-corrected chi connectivity index (χ1v) is 11.0. The van der Waals surface area contributed by atoms with Gasteiger partial charge in [-0.25, -0.2) is 0 Å². The molecule has 0 aliphatic heterocycles. The van der Waals surface area contributed by atoms with Crippen molar-refractivity contribution in [2.24, 2.45) is 0 Å². The summed E-state index contributed by atoms with van der Waals surface area (Å²) in [5, 5.41) is 0. The Labute approximate surface area is 157 Å². The van der Waals surface area contributed by atoms with Gasteiger partial charge in [0.05, 0.1) is 6.61 Å². The van der Waals surface area contributed by atoms with Crippen molar-refractivity contribution in [2.45, 2.75) is 103 Å². The van der Waals surface area contributed by atoms with E-state index in [2.05, 4.69) is 18.9 Å². The van der Waals surface area contributed by atoms with Crippen molar-refractivity contribution in [3.05, 3.63) is 0 Å². The van der Waals surface area contributed by atoms with Gasteiger partial charge in [-0.2, -0.15) is 0 Å². The van der Waals surface area contributed by atoms with E-state index >= 15 is 0 Å². The van der Waals surface area contributed by atoms with E-state index in [4.69, 9.17) is 4.74 Å². The zero-order valence-electron chi connectivity index (χ0n) is 17.3. The molecule has 0 heterocycles. The van der Waals surface area contributed by atoms with Crippen LogP contribution in [0.5, 0.6) is 0 Å². The second-order valence-electron chi connectivity index (χ2n) is 7.47. The third-order valence-electron chi connectivity index (χ3n) is 4.83. The molecule has 0 radical (unpaired) electrons. The Bertz CT molecular complexity index is 258. The SMILES string of the molecule is CCCN(C)CCOCCCCCCCCCCCCCCCC=O. The molecule has 3 heteroatoms. The van der Waals surface area contributed by atoms with Crippen molar-refractivity contribution in [2.75, 3.05) is 33.4 Å². The number of carbonyl (C=O) groups is 1. The van der Waals surface area contributed by atoms with Gasteiger partial charge < -0.3 is 14.4 Å². The van der Waals surface area contributed by atoms with Crippen molar-refractivity contribution in [1.82, 2.24) is 4.90 Å². The molecular weight excluding hydrogens is 310 g/mol. The summed E-state index contributed by atoms with van der Waals surface area (Å²) in [7, 11) is 2.17. The number of nitrogens with zero attached hydrogens (tertiary/aromatic N) is 1. The molecule has 0 saturated heterocycles. The lowest BCUT2D eigenvalue weighted by Crippen LogP contribution is -2.24. The average molecular weight is 356 g/mol. The Morgan fingerprint density at radius 3 is 1.64 bits per heavy atom. The maximum Gasteiger partial charge on any atom is 0.119 e. The lowest BCUT2D eigenvalue weighted by Gasteiger charge is -2.15. The van der Waals surface area contributed by atoms with E-state index in [1.807, 2.05) is 0 Å². The molecular formula is C22H45NO2. The summed E-state index contributed by atoms with van der Waals surface area (Å²) in [4.78, 5) is 12.5. The Morgan fingerprint density at radius 1 is 0.680 bits per heavy atom. The number of hydrogen-bond donors (Lipinski definition) is 0. The Hall–Kier alpha value is -0.410. The molecule has 0 aliphatic carbocycles. The summed E-state index contributed by atoms with van der Waals surface area (Å²) in [6.45, 7) is 6.27. The van der Waals surface area contributed by atoms with Crippen LogP contribution in [0.15, 0.2) is 0 Å². The van der Waals surface area contributed by atoms with Gasteiger partial charge in [0, 0.05) is 19.6 Å². The zero-order valence-corrected chi connectivity index (χ0v) is 17.3. The number of carbonyl (C=O) groups excluding carboxylic acids is 1. The minimum atomic E-state index is 0.752. The number of ether oxygens (including phenoxy) is 1. The van der Waals surface area contributed by atoms with E-state index in [0.29, 0.717) is 0 Å². The van der Waals surface area contributed by atoms with Crippen molar-refractivity contribution in [3.63, 3.8) is 0 Å². The molecule has 0 atom stereocenters. The molecule has 0 unspecified atom stereocenters. The van der Waals surface area contributed by atoms with Crippen LogP contribution in [0.4, 0.5) is 0 Å². The molecule has 150 valence electrons. The fourth-order valence-electron chi connectivity index (χ4n) is 3.19. The number of unbranched alkanes of at least 4 members (excludes halogenated alkanes) is 13. The largest absolute Gasteiger partial charge is 0.380 e. The molecule has 0 bridgehead atoms. The topological polar surface area (TPSA) is 29.5 Å². The van der Waals surface area contributed by atoms with Gasteiger partial charge in [0.1, 0.15) is 6.29 Å². The minimum absolute atomic E-state index is 0.752. The van der Waals surface area contributed by atoms with Crippen LogP contribution in [-0.4, -0.2) is 44.5 Å². The Kier molecular flexibility index (Phi) is 21.3. The lowest BCUT2D eigenvalue weighted by atomic mass is 10.0. The van der Waals surface area contributed by atoms with Gasteiger partial charge in [0.25, 0.3) is 0 Å². The van der Waals surface area contributed by atoms with Gasteiger partial charge in [-0.05, 0) is 32.9 Å². The fourth-order valence-corrected chi connectivity index (χ4v) is 3.19. The number of likely N-dealkylation sites (N-methyl/N-ethyl adjacent to an activating group) is 1. The summed E-state index contributed by atoms with van der Waals surface area (Å²) in [5.74, 6) is 0. The quantitative estimate of drug-likeness (QED) is 0.187. The van der Waals surface area contributed by atoms with Crippen LogP contribution in [0.1, 0.15) is 103 Å². The van der Waals surface area contributed by atoms with Gasteiger partial charge in [-0.1, -0.05) is 77.6 Å². The van der Waals surface area contributed by atoms with Crippen molar-refractivity contribution in [3.8, 4) is 0 Å². The fraction of sp³-hybridized carbons (Fsp3) is 0.955. The van der Waals surface area contributed by atoms with Crippen LogP contribution in [0.25, 0.3) is 0 Å². The molecule has 0 spiro atoms. The highest BCUT2D eigenvalue weighted by Crippen LogP contribution is 2.12. The first kappa shape index (κ1) is 24.6. The van der Waals surface area contributed by atoms with Crippen molar-refractivity contribution >= 4 is 6.29 Å². The van der Waals surface area contributed by atoms with Crippen molar-refractivity contribution < 1.29 is 9.53 Å². The number of aldehydes is 1. The van der Waals surface area contributed by atoms with E-state index in [9.17, 15) is 4.79 Å². The zero-order chi connectivity index (χ0) is 18.4. The van der Waals surface area contributed by atoms with E-state index in [-0.39, 0.29) is 0 Å². The molecule has 0 fully saturated rings. The highest BCUT2D eigenvalue weighted by atomic mass is 16.5. The van der Waals surface area contributed by atoms with Gasteiger partial charge in [-0.3, -0.25) is 0 Å². The van der Waals surface area contributed by atoms with E-state index in [0.717, 1.165) is 38.9 Å². The molecule has 25 heavy (non-hydrogen) atoms.